The number of carbonyl (C=O) groups excluding carboxylic acids is 1. The molecular weight excluding hydrogens is 403 g/mol. The molecule has 0 aliphatic heterocycles. The molecule has 0 saturated carbocycles. The molecule has 2 heterocycles. The summed E-state index contributed by atoms with van der Waals surface area (Å²) in [6.07, 6.45) is -1.55. The molecule has 0 spiro atoms. The van der Waals surface area contributed by atoms with Crippen LogP contribution in [0.3, 0.4) is 0 Å². The van der Waals surface area contributed by atoms with Crippen LogP contribution in [0.25, 0.3) is 11.4 Å². The Bertz CT molecular complexity index is 1030. The van der Waals surface area contributed by atoms with E-state index in [-0.39, 0.29) is 29.6 Å². The summed E-state index contributed by atoms with van der Waals surface area (Å²) in [5, 5.41) is 15.9. The van der Waals surface area contributed by atoms with Gasteiger partial charge in [0.05, 0.1) is 18.4 Å². The van der Waals surface area contributed by atoms with Crippen molar-refractivity contribution in [2.24, 2.45) is 7.05 Å². The summed E-state index contributed by atoms with van der Waals surface area (Å²) >= 11 is 0. The van der Waals surface area contributed by atoms with Crippen LogP contribution in [-0.4, -0.2) is 43.4 Å². The van der Waals surface area contributed by atoms with E-state index >= 15 is 0 Å². The van der Waals surface area contributed by atoms with Gasteiger partial charge < -0.3 is 15.2 Å². The molecule has 2 N–H and O–H groups in total. The summed E-state index contributed by atoms with van der Waals surface area (Å²) in [5.41, 5.74) is -0.237. The predicted molar refractivity (Wildman–Crippen MR) is 99.8 cm³/mol. The topological polar surface area (TPSA) is 102 Å². The Morgan fingerprint density at radius 2 is 1.97 bits per heavy atom. The molecule has 0 fully saturated rings. The van der Waals surface area contributed by atoms with Crippen molar-refractivity contribution < 1.29 is 27.8 Å². The third kappa shape index (κ3) is 4.92. The van der Waals surface area contributed by atoms with Gasteiger partial charge in [0, 0.05) is 19.3 Å². The Kier molecular flexibility index (Phi) is 6.01. The molecule has 1 atom stereocenters. The monoisotopic (exact) mass is 421 g/mol. The average Bonchev–Trinajstić information content (AvgIpc) is 3.14. The highest BCUT2D eigenvalue weighted by Crippen LogP contribution is 2.33. The standard InChI is InChI=1S/C19H18F3N5O3/c1-11(10-28)24-18(29)17-23-9-15(16(25-17)14-7-8-27(2)26-14)30-13-5-3-12(4-6-13)19(20,21)22/h3-9,11,28H,10H2,1-2H3,(H,24,29). The number of aromatic nitrogens is 4. The lowest BCUT2D eigenvalue weighted by molar-refractivity contribution is -0.137. The number of alkyl halides is 3. The number of nitrogens with zero attached hydrogens (tertiary/aromatic N) is 4. The first-order valence-corrected chi connectivity index (χ1v) is 8.81. The van der Waals surface area contributed by atoms with E-state index in [4.69, 9.17) is 9.84 Å². The smallest absolute Gasteiger partial charge is 0.416 e. The van der Waals surface area contributed by atoms with Crippen molar-refractivity contribution in [2.45, 2.75) is 19.1 Å². The van der Waals surface area contributed by atoms with Crippen LogP contribution < -0.4 is 10.1 Å². The van der Waals surface area contributed by atoms with Crippen molar-refractivity contribution in [2.75, 3.05) is 6.61 Å². The molecule has 3 rings (SSSR count). The van der Waals surface area contributed by atoms with Crippen LogP contribution in [0, 0.1) is 0 Å². The van der Waals surface area contributed by atoms with Crippen molar-refractivity contribution in [3.8, 4) is 22.9 Å². The fourth-order valence-corrected chi connectivity index (χ4v) is 2.45. The van der Waals surface area contributed by atoms with E-state index < -0.39 is 23.7 Å². The van der Waals surface area contributed by atoms with E-state index in [0.717, 1.165) is 12.1 Å². The third-order valence-electron chi connectivity index (χ3n) is 3.98. The van der Waals surface area contributed by atoms with E-state index in [2.05, 4.69) is 20.4 Å². The number of ether oxygens (including phenoxy) is 1. The zero-order valence-corrected chi connectivity index (χ0v) is 16.0. The molecule has 0 saturated heterocycles. The first kappa shape index (κ1) is 21.2. The van der Waals surface area contributed by atoms with E-state index in [1.807, 2.05) is 0 Å². The van der Waals surface area contributed by atoms with Gasteiger partial charge in [-0.25, -0.2) is 9.97 Å². The molecule has 1 unspecified atom stereocenters. The number of halogens is 3. The largest absolute Gasteiger partial charge is 0.453 e. The summed E-state index contributed by atoms with van der Waals surface area (Å²) in [4.78, 5) is 20.5. The summed E-state index contributed by atoms with van der Waals surface area (Å²) in [5.74, 6) is -0.527. The van der Waals surface area contributed by atoms with Crippen LogP contribution in [0.4, 0.5) is 13.2 Å². The number of hydrogen-bond donors (Lipinski definition) is 2. The predicted octanol–water partition coefficient (Wildman–Crippen LogP) is 2.80. The fourth-order valence-electron chi connectivity index (χ4n) is 2.45. The van der Waals surface area contributed by atoms with Crippen molar-refractivity contribution in [1.82, 2.24) is 25.1 Å². The molecule has 2 aromatic heterocycles. The molecule has 0 bridgehead atoms. The van der Waals surface area contributed by atoms with E-state index in [9.17, 15) is 18.0 Å². The Morgan fingerprint density at radius 3 is 2.53 bits per heavy atom. The number of rotatable bonds is 6. The summed E-state index contributed by atoms with van der Waals surface area (Å²) in [6, 6.07) is 5.29. The Morgan fingerprint density at radius 1 is 1.27 bits per heavy atom. The molecule has 11 heteroatoms. The molecular formula is C19H18F3N5O3. The van der Waals surface area contributed by atoms with Crippen LogP contribution in [0.1, 0.15) is 23.1 Å². The Labute approximate surface area is 169 Å². The zero-order chi connectivity index (χ0) is 21.9. The molecule has 0 aliphatic carbocycles. The maximum Gasteiger partial charge on any atom is 0.416 e. The quantitative estimate of drug-likeness (QED) is 0.635. The minimum Gasteiger partial charge on any atom is -0.453 e. The third-order valence-corrected chi connectivity index (χ3v) is 3.98. The summed E-state index contributed by atoms with van der Waals surface area (Å²) in [7, 11) is 1.69. The highest BCUT2D eigenvalue weighted by molar-refractivity contribution is 5.91. The number of aliphatic hydroxyl groups excluding tert-OH is 1. The minimum atomic E-state index is -4.46. The van der Waals surface area contributed by atoms with Crippen LogP contribution in [0.5, 0.6) is 11.5 Å². The van der Waals surface area contributed by atoms with Crippen LogP contribution in [0.2, 0.25) is 0 Å². The van der Waals surface area contributed by atoms with Gasteiger partial charge in [-0.15, -0.1) is 0 Å². The van der Waals surface area contributed by atoms with Gasteiger partial charge in [-0.2, -0.15) is 18.3 Å². The highest BCUT2D eigenvalue weighted by atomic mass is 19.4. The lowest BCUT2D eigenvalue weighted by Crippen LogP contribution is -2.36. The molecule has 1 aromatic carbocycles. The molecule has 0 aliphatic rings. The number of aliphatic hydroxyl groups is 1. The zero-order valence-electron chi connectivity index (χ0n) is 16.0. The lowest BCUT2D eigenvalue weighted by Gasteiger charge is -2.13. The SMILES string of the molecule is CC(CO)NC(=O)c1ncc(Oc2ccc(C(F)(F)F)cc2)c(-c2ccn(C)n2)n1. The van der Waals surface area contributed by atoms with Gasteiger partial charge in [-0.3, -0.25) is 9.48 Å². The lowest BCUT2D eigenvalue weighted by atomic mass is 10.2. The van der Waals surface area contributed by atoms with Gasteiger partial charge in [-0.1, -0.05) is 0 Å². The number of amides is 1. The number of nitrogens with one attached hydrogen (secondary N) is 1. The second-order valence-electron chi connectivity index (χ2n) is 6.46. The highest BCUT2D eigenvalue weighted by Gasteiger charge is 2.30. The summed E-state index contributed by atoms with van der Waals surface area (Å²) < 4.78 is 45.4. The van der Waals surface area contributed by atoms with E-state index in [1.165, 1.54) is 23.0 Å². The molecule has 0 radical (unpaired) electrons. The number of hydrogen-bond acceptors (Lipinski definition) is 6. The van der Waals surface area contributed by atoms with Crippen molar-refractivity contribution in [3.63, 3.8) is 0 Å². The Balaban J connectivity index is 1.94. The van der Waals surface area contributed by atoms with Gasteiger partial charge in [0.15, 0.2) is 5.75 Å². The fraction of sp³-hybridized carbons (Fsp3) is 0.263. The van der Waals surface area contributed by atoms with Crippen molar-refractivity contribution in [1.29, 1.82) is 0 Å². The van der Waals surface area contributed by atoms with Gasteiger partial charge in [0.2, 0.25) is 5.82 Å². The molecule has 8 nitrogen and oxygen atoms in total. The number of carbonyl (C=O) groups is 1. The molecule has 3 aromatic rings. The average molecular weight is 421 g/mol. The first-order chi connectivity index (χ1) is 14.2. The van der Waals surface area contributed by atoms with Crippen molar-refractivity contribution >= 4 is 5.91 Å². The summed E-state index contributed by atoms with van der Waals surface area (Å²) in [6.45, 7) is 1.35. The van der Waals surface area contributed by atoms with E-state index in [0.29, 0.717) is 5.69 Å². The first-order valence-electron chi connectivity index (χ1n) is 8.81. The van der Waals surface area contributed by atoms with Crippen molar-refractivity contribution in [3.05, 3.63) is 54.1 Å². The van der Waals surface area contributed by atoms with Gasteiger partial charge in [-0.05, 0) is 37.3 Å². The second-order valence-corrected chi connectivity index (χ2v) is 6.46. The van der Waals surface area contributed by atoms with Gasteiger partial charge in [0.1, 0.15) is 17.1 Å². The molecule has 30 heavy (non-hydrogen) atoms. The normalized spacial score (nSPS) is 12.5. The maximum atomic E-state index is 12.7. The maximum absolute atomic E-state index is 12.7. The second kappa shape index (κ2) is 8.49. The molecule has 1 amide bonds. The number of benzene rings is 1. The van der Waals surface area contributed by atoms with Crippen LogP contribution >= 0.6 is 0 Å². The van der Waals surface area contributed by atoms with E-state index in [1.54, 1.807) is 26.2 Å². The number of aryl methyl sites for hydroxylation is 1. The van der Waals surface area contributed by atoms with Crippen LogP contribution in [-0.2, 0) is 13.2 Å². The van der Waals surface area contributed by atoms with Gasteiger partial charge >= 0.3 is 6.18 Å². The Hall–Kier alpha value is -3.47. The van der Waals surface area contributed by atoms with Gasteiger partial charge in [0.25, 0.3) is 5.91 Å². The van der Waals surface area contributed by atoms with Crippen LogP contribution in [0.15, 0.2) is 42.7 Å². The minimum absolute atomic E-state index is 0.111. The molecule has 158 valence electrons.